The van der Waals surface area contributed by atoms with Gasteiger partial charge in [-0.1, -0.05) is 41.9 Å². The van der Waals surface area contributed by atoms with Crippen LogP contribution in [0, 0.1) is 0 Å². The van der Waals surface area contributed by atoms with Crippen LogP contribution in [-0.2, 0) is 6.54 Å². The first-order valence-electron chi connectivity index (χ1n) is 6.67. The third-order valence-electron chi connectivity index (χ3n) is 3.57. The number of phenolic OH excluding ortho intramolecular Hbond substituents is 1. The van der Waals surface area contributed by atoms with E-state index in [9.17, 15) is 5.11 Å². The second-order valence-corrected chi connectivity index (χ2v) is 5.26. The average Bonchev–Trinajstić information content (AvgIpc) is 2.49. The summed E-state index contributed by atoms with van der Waals surface area (Å²) in [6.45, 7) is 1.28. The molecule has 2 aromatic carbocycles. The molecule has 20 heavy (non-hydrogen) atoms. The maximum atomic E-state index is 9.93. The molecule has 0 aliphatic carbocycles. The van der Waals surface area contributed by atoms with Crippen LogP contribution in [0.5, 0.6) is 11.5 Å². The monoisotopic (exact) mass is 289 g/mol. The molecule has 0 aromatic heterocycles. The number of fused-ring (bicyclic) bond motifs is 1. The average molecular weight is 290 g/mol. The highest BCUT2D eigenvalue weighted by atomic mass is 35.5. The van der Waals surface area contributed by atoms with Crippen LogP contribution in [0.3, 0.4) is 0 Å². The van der Waals surface area contributed by atoms with Crippen molar-refractivity contribution < 1.29 is 9.84 Å². The highest BCUT2D eigenvalue weighted by Crippen LogP contribution is 2.32. The summed E-state index contributed by atoms with van der Waals surface area (Å²) in [5.74, 6) is 1.09. The summed E-state index contributed by atoms with van der Waals surface area (Å²) in [5.41, 5.74) is 1.97. The number of para-hydroxylation sites is 2. The molecular formula is C16H16ClNO2. The number of hydrogen-bond donors (Lipinski definition) is 2. The largest absolute Gasteiger partial charge is 0.506 e. The summed E-state index contributed by atoms with van der Waals surface area (Å²) in [4.78, 5) is 0. The van der Waals surface area contributed by atoms with Crippen LogP contribution < -0.4 is 10.1 Å². The minimum absolute atomic E-state index is 0.155. The maximum Gasteiger partial charge on any atom is 0.138 e. The molecule has 0 saturated carbocycles. The van der Waals surface area contributed by atoms with Gasteiger partial charge in [0.05, 0.1) is 11.6 Å². The highest BCUT2D eigenvalue weighted by Gasteiger charge is 2.20. The molecular weight excluding hydrogens is 274 g/mol. The number of phenols is 1. The number of halogens is 1. The Morgan fingerprint density at radius 1 is 1.20 bits per heavy atom. The standard InChI is InChI=1S/C16H16ClNO2/c17-13-6-3-4-11(16(13)19)10-18-14-8-9-20-15-7-2-1-5-12(14)15/h1-7,14,18-19H,8-10H2. The van der Waals surface area contributed by atoms with Crippen LogP contribution in [-0.4, -0.2) is 11.7 Å². The van der Waals surface area contributed by atoms with E-state index in [1.54, 1.807) is 6.07 Å². The summed E-state index contributed by atoms with van der Waals surface area (Å²) in [5, 5.41) is 13.8. The van der Waals surface area contributed by atoms with Crippen molar-refractivity contribution in [1.29, 1.82) is 0 Å². The van der Waals surface area contributed by atoms with Gasteiger partial charge in [0.25, 0.3) is 0 Å². The molecule has 1 aliphatic rings. The molecule has 1 atom stereocenters. The molecule has 1 heterocycles. The Hall–Kier alpha value is -1.71. The van der Waals surface area contributed by atoms with Gasteiger partial charge in [-0.3, -0.25) is 0 Å². The van der Waals surface area contributed by atoms with Gasteiger partial charge in [0.2, 0.25) is 0 Å². The zero-order chi connectivity index (χ0) is 13.9. The molecule has 1 aliphatic heterocycles. The maximum absolute atomic E-state index is 9.93. The Labute approximate surface area is 123 Å². The smallest absolute Gasteiger partial charge is 0.138 e. The minimum atomic E-state index is 0.155. The summed E-state index contributed by atoms with van der Waals surface area (Å²) in [7, 11) is 0. The normalized spacial score (nSPS) is 17.4. The summed E-state index contributed by atoms with van der Waals surface area (Å²) in [6, 6.07) is 13.7. The minimum Gasteiger partial charge on any atom is -0.506 e. The lowest BCUT2D eigenvalue weighted by Gasteiger charge is -2.27. The predicted octanol–water partition coefficient (Wildman–Crippen LogP) is 3.66. The lowest BCUT2D eigenvalue weighted by Crippen LogP contribution is -2.26. The second-order valence-electron chi connectivity index (χ2n) is 4.86. The molecule has 4 heteroatoms. The van der Waals surface area contributed by atoms with Gasteiger partial charge in [0.15, 0.2) is 0 Å². The van der Waals surface area contributed by atoms with Gasteiger partial charge in [-0.05, 0) is 12.1 Å². The number of benzene rings is 2. The molecule has 2 aromatic rings. The van der Waals surface area contributed by atoms with Crippen molar-refractivity contribution in [2.75, 3.05) is 6.61 Å². The van der Waals surface area contributed by atoms with E-state index in [4.69, 9.17) is 16.3 Å². The zero-order valence-corrected chi connectivity index (χ0v) is 11.7. The van der Waals surface area contributed by atoms with Gasteiger partial charge in [-0.2, -0.15) is 0 Å². The van der Waals surface area contributed by atoms with Crippen molar-refractivity contribution in [2.24, 2.45) is 0 Å². The number of rotatable bonds is 3. The second kappa shape index (κ2) is 5.73. The molecule has 0 radical (unpaired) electrons. The fraction of sp³-hybridized carbons (Fsp3) is 0.250. The molecule has 0 fully saturated rings. The van der Waals surface area contributed by atoms with Crippen molar-refractivity contribution in [2.45, 2.75) is 19.0 Å². The van der Waals surface area contributed by atoms with Gasteiger partial charge in [0, 0.05) is 30.1 Å². The first-order valence-corrected chi connectivity index (χ1v) is 7.05. The van der Waals surface area contributed by atoms with E-state index in [1.807, 2.05) is 30.3 Å². The fourth-order valence-electron chi connectivity index (χ4n) is 2.49. The number of nitrogens with one attached hydrogen (secondary N) is 1. The van der Waals surface area contributed by atoms with Crippen LogP contribution >= 0.6 is 11.6 Å². The van der Waals surface area contributed by atoms with Gasteiger partial charge >= 0.3 is 0 Å². The SMILES string of the molecule is Oc1c(Cl)cccc1CNC1CCOc2ccccc21. The van der Waals surface area contributed by atoms with Crippen LogP contribution in [0.4, 0.5) is 0 Å². The van der Waals surface area contributed by atoms with Crippen LogP contribution in [0.25, 0.3) is 0 Å². The van der Waals surface area contributed by atoms with Crippen LogP contribution in [0.1, 0.15) is 23.6 Å². The Kier molecular flexibility index (Phi) is 3.81. The van der Waals surface area contributed by atoms with Gasteiger partial charge in [-0.25, -0.2) is 0 Å². The third kappa shape index (κ3) is 2.60. The molecule has 0 amide bonds. The van der Waals surface area contributed by atoms with E-state index in [0.717, 1.165) is 17.7 Å². The Morgan fingerprint density at radius 2 is 2.05 bits per heavy atom. The molecule has 2 N–H and O–H groups in total. The number of aromatic hydroxyl groups is 1. The van der Waals surface area contributed by atoms with Gasteiger partial charge in [0.1, 0.15) is 11.5 Å². The van der Waals surface area contributed by atoms with Gasteiger partial charge in [-0.15, -0.1) is 0 Å². The van der Waals surface area contributed by atoms with Crippen molar-refractivity contribution in [3.05, 3.63) is 58.6 Å². The first-order chi connectivity index (χ1) is 9.75. The van der Waals surface area contributed by atoms with Crippen LogP contribution in [0.2, 0.25) is 5.02 Å². The van der Waals surface area contributed by atoms with Crippen molar-refractivity contribution in [3.8, 4) is 11.5 Å². The molecule has 104 valence electrons. The predicted molar refractivity (Wildman–Crippen MR) is 79.3 cm³/mol. The van der Waals surface area contributed by atoms with E-state index in [-0.39, 0.29) is 11.8 Å². The highest BCUT2D eigenvalue weighted by molar-refractivity contribution is 6.32. The Bertz CT molecular complexity index is 615. The number of hydrogen-bond acceptors (Lipinski definition) is 3. The summed E-state index contributed by atoms with van der Waals surface area (Å²) in [6.07, 6.45) is 0.915. The summed E-state index contributed by atoms with van der Waals surface area (Å²) >= 11 is 5.92. The topological polar surface area (TPSA) is 41.5 Å². The molecule has 0 bridgehead atoms. The molecule has 0 spiro atoms. The lowest BCUT2D eigenvalue weighted by molar-refractivity contribution is 0.252. The Morgan fingerprint density at radius 3 is 2.95 bits per heavy atom. The van der Waals surface area contributed by atoms with E-state index in [1.165, 1.54) is 5.56 Å². The van der Waals surface area contributed by atoms with Crippen molar-refractivity contribution in [3.63, 3.8) is 0 Å². The number of ether oxygens (including phenoxy) is 1. The van der Waals surface area contributed by atoms with E-state index >= 15 is 0 Å². The first kappa shape index (κ1) is 13.3. The Balaban J connectivity index is 1.75. The zero-order valence-electron chi connectivity index (χ0n) is 11.0. The van der Waals surface area contributed by atoms with Crippen LogP contribution in [0.15, 0.2) is 42.5 Å². The fourth-order valence-corrected chi connectivity index (χ4v) is 2.68. The van der Waals surface area contributed by atoms with Crippen molar-refractivity contribution >= 4 is 11.6 Å². The lowest BCUT2D eigenvalue weighted by atomic mass is 10.0. The molecule has 0 saturated heterocycles. The molecule has 1 unspecified atom stereocenters. The third-order valence-corrected chi connectivity index (χ3v) is 3.87. The molecule has 3 nitrogen and oxygen atoms in total. The van der Waals surface area contributed by atoms with Gasteiger partial charge < -0.3 is 15.2 Å². The molecule has 3 rings (SSSR count). The van der Waals surface area contributed by atoms with E-state index < -0.39 is 0 Å². The quantitative estimate of drug-likeness (QED) is 0.906. The summed E-state index contributed by atoms with van der Waals surface area (Å²) < 4.78 is 5.64. The van der Waals surface area contributed by atoms with E-state index in [0.29, 0.717) is 18.2 Å². The van der Waals surface area contributed by atoms with Crippen molar-refractivity contribution in [1.82, 2.24) is 5.32 Å². The van der Waals surface area contributed by atoms with E-state index in [2.05, 4.69) is 11.4 Å².